The molecule has 160 valence electrons. The SMILES string of the molecule is Cc1cc(CC(c2ccc(O)cc2)P2(=O)Oc3ccccc3-c3ccccc32)ccc1O. The van der Waals surface area contributed by atoms with E-state index in [1.165, 1.54) is 0 Å². The van der Waals surface area contributed by atoms with Crippen LogP contribution in [0.15, 0.2) is 91.0 Å². The average Bonchev–Trinajstić information content (AvgIpc) is 2.81. The molecule has 1 aliphatic heterocycles. The van der Waals surface area contributed by atoms with Crippen LogP contribution in [0, 0.1) is 6.92 Å². The first-order valence-electron chi connectivity index (χ1n) is 10.5. The molecule has 0 radical (unpaired) electrons. The van der Waals surface area contributed by atoms with Crippen LogP contribution in [0.2, 0.25) is 0 Å². The molecule has 0 fully saturated rings. The lowest BCUT2D eigenvalue weighted by molar-refractivity contribution is 0.469. The summed E-state index contributed by atoms with van der Waals surface area (Å²) >= 11 is 0. The van der Waals surface area contributed by atoms with Gasteiger partial charge in [0.05, 0.1) is 11.0 Å². The summed E-state index contributed by atoms with van der Waals surface area (Å²) < 4.78 is 21.2. The smallest absolute Gasteiger partial charge is 0.285 e. The van der Waals surface area contributed by atoms with Crippen LogP contribution in [0.3, 0.4) is 0 Å². The molecule has 5 rings (SSSR count). The molecular weight excluding hydrogens is 419 g/mol. The third kappa shape index (κ3) is 3.47. The second-order valence-corrected chi connectivity index (χ2v) is 10.6. The molecule has 0 aliphatic carbocycles. The van der Waals surface area contributed by atoms with Crippen LogP contribution in [0.1, 0.15) is 22.3 Å². The van der Waals surface area contributed by atoms with Crippen LogP contribution in [0.5, 0.6) is 17.2 Å². The first kappa shape index (κ1) is 20.4. The van der Waals surface area contributed by atoms with Crippen molar-refractivity contribution in [2.24, 2.45) is 0 Å². The second kappa shape index (κ2) is 7.89. The molecule has 0 amide bonds. The van der Waals surface area contributed by atoms with Gasteiger partial charge < -0.3 is 14.7 Å². The largest absolute Gasteiger partial charge is 0.508 e. The Morgan fingerprint density at radius 2 is 1.53 bits per heavy atom. The Bertz CT molecular complexity index is 1340. The van der Waals surface area contributed by atoms with E-state index in [-0.39, 0.29) is 11.5 Å². The van der Waals surface area contributed by atoms with Gasteiger partial charge in [-0.3, -0.25) is 4.57 Å². The molecule has 4 aromatic carbocycles. The number of fused-ring (bicyclic) bond motifs is 3. The van der Waals surface area contributed by atoms with E-state index in [4.69, 9.17) is 4.52 Å². The fourth-order valence-corrected chi connectivity index (χ4v) is 7.22. The van der Waals surface area contributed by atoms with Crippen molar-refractivity contribution in [3.8, 4) is 28.4 Å². The normalized spacial score (nSPS) is 17.7. The van der Waals surface area contributed by atoms with E-state index in [1.807, 2.05) is 67.6 Å². The molecule has 4 nitrogen and oxygen atoms in total. The molecular formula is C27H23O4P. The van der Waals surface area contributed by atoms with Crippen molar-refractivity contribution in [3.63, 3.8) is 0 Å². The van der Waals surface area contributed by atoms with Crippen LogP contribution in [-0.2, 0) is 11.0 Å². The molecule has 2 unspecified atom stereocenters. The molecule has 2 atom stereocenters. The van der Waals surface area contributed by atoms with Crippen LogP contribution in [0.4, 0.5) is 0 Å². The van der Waals surface area contributed by atoms with E-state index in [2.05, 4.69) is 0 Å². The van der Waals surface area contributed by atoms with Crippen LogP contribution >= 0.6 is 7.37 Å². The van der Waals surface area contributed by atoms with E-state index in [0.29, 0.717) is 17.5 Å². The molecule has 0 bridgehead atoms. The highest BCUT2D eigenvalue weighted by molar-refractivity contribution is 7.68. The maximum Gasteiger partial charge on any atom is 0.285 e. The molecule has 0 spiro atoms. The number of hydrogen-bond acceptors (Lipinski definition) is 4. The number of rotatable bonds is 4. The lowest BCUT2D eigenvalue weighted by Crippen LogP contribution is -2.23. The lowest BCUT2D eigenvalue weighted by atomic mass is 10.0. The summed E-state index contributed by atoms with van der Waals surface area (Å²) in [7, 11) is -3.42. The van der Waals surface area contributed by atoms with Crippen molar-refractivity contribution in [3.05, 3.63) is 108 Å². The van der Waals surface area contributed by atoms with Crippen molar-refractivity contribution < 1.29 is 19.3 Å². The Balaban J connectivity index is 1.69. The van der Waals surface area contributed by atoms with E-state index >= 15 is 0 Å². The molecule has 1 aliphatic rings. The minimum Gasteiger partial charge on any atom is -0.508 e. The van der Waals surface area contributed by atoms with Crippen molar-refractivity contribution in [1.29, 1.82) is 0 Å². The van der Waals surface area contributed by atoms with Gasteiger partial charge in [0.15, 0.2) is 0 Å². The Kier molecular flexibility index (Phi) is 5.03. The van der Waals surface area contributed by atoms with Gasteiger partial charge in [-0.1, -0.05) is 60.7 Å². The first-order valence-corrected chi connectivity index (χ1v) is 12.2. The molecule has 0 saturated heterocycles. The van der Waals surface area contributed by atoms with Crippen molar-refractivity contribution in [1.82, 2.24) is 0 Å². The van der Waals surface area contributed by atoms with Gasteiger partial charge in [0.1, 0.15) is 17.2 Å². The van der Waals surface area contributed by atoms with E-state index in [9.17, 15) is 14.8 Å². The van der Waals surface area contributed by atoms with Gasteiger partial charge in [-0.05, 0) is 65.9 Å². The Morgan fingerprint density at radius 1 is 0.844 bits per heavy atom. The number of phenols is 2. The molecule has 2 N–H and O–H groups in total. The molecule has 4 aromatic rings. The highest BCUT2D eigenvalue weighted by atomic mass is 31.2. The number of phenolic OH excluding ortho intramolecular Hbond substituents is 2. The molecule has 5 heteroatoms. The van der Waals surface area contributed by atoms with Gasteiger partial charge in [0, 0.05) is 5.56 Å². The maximum atomic E-state index is 14.8. The molecule has 32 heavy (non-hydrogen) atoms. The quantitative estimate of drug-likeness (QED) is 0.361. The highest BCUT2D eigenvalue weighted by Crippen LogP contribution is 2.64. The number of benzene rings is 4. The zero-order valence-electron chi connectivity index (χ0n) is 17.6. The standard InChI is InChI=1S/C27H23O4P/c1-18-16-19(10-15-24(18)29)17-27(20-11-13-21(28)14-12-20)32(30)26-9-5-3-7-23(26)22-6-2-4-8-25(22)31-32/h2-16,27-29H,17H2,1H3. The summed E-state index contributed by atoms with van der Waals surface area (Å²) in [5.41, 5.74) is 3.92. The predicted molar refractivity (Wildman–Crippen MR) is 127 cm³/mol. The number of para-hydroxylation sites is 1. The summed E-state index contributed by atoms with van der Waals surface area (Å²) in [6, 6.07) is 27.7. The first-order chi connectivity index (χ1) is 15.5. The van der Waals surface area contributed by atoms with Gasteiger partial charge in [-0.15, -0.1) is 0 Å². The summed E-state index contributed by atoms with van der Waals surface area (Å²) in [6.07, 6.45) is 0.458. The molecule has 0 saturated carbocycles. The van der Waals surface area contributed by atoms with E-state index < -0.39 is 13.0 Å². The van der Waals surface area contributed by atoms with E-state index in [0.717, 1.165) is 27.8 Å². The minimum absolute atomic E-state index is 0.154. The van der Waals surface area contributed by atoms with Crippen LogP contribution in [-0.4, -0.2) is 10.2 Å². The highest BCUT2D eigenvalue weighted by Gasteiger charge is 2.43. The summed E-state index contributed by atoms with van der Waals surface area (Å²) in [4.78, 5) is 0. The summed E-state index contributed by atoms with van der Waals surface area (Å²) in [5, 5.41) is 20.5. The van der Waals surface area contributed by atoms with Crippen molar-refractivity contribution >= 4 is 12.7 Å². The van der Waals surface area contributed by atoms with Gasteiger partial charge in [0.2, 0.25) is 0 Å². The fraction of sp³-hybridized carbons (Fsp3) is 0.111. The monoisotopic (exact) mass is 442 g/mol. The topological polar surface area (TPSA) is 66.8 Å². The Hall–Kier alpha value is -3.49. The van der Waals surface area contributed by atoms with E-state index in [1.54, 1.807) is 30.3 Å². The second-order valence-electron chi connectivity index (χ2n) is 8.13. The summed E-state index contributed by atoms with van der Waals surface area (Å²) in [5.74, 6) is 0.997. The maximum absolute atomic E-state index is 14.8. The third-order valence-electron chi connectivity index (χ3n) is 6.03. The van der Waals surface area contributed by atoms with Gasteiger partial charge >= 0.3 is 0 Å². The molecule has 0 aromatic heterocycles. The van der Waals surface area contributed by atoms with Gasteiger partial charge in [-0.2, -0.15) is 0 Å². The zero-order chi connectivity index (χ0) is 22.3. The third-order valence-corrected chi connectivity index (χ3v) is 8.86. The van der Waals surface area contributed by atoms with Gasteiger partial charge in [-0.25, -0.2) is 0 Å². The van der Waals surface area contributed by atoms with Crippen molar-refractivity contribution in [2.75, 3.05) is 0 Å². The van der Waals surface area contributed by atoms with Gasteiger partial charge in [0.25, 0.3) is 7.37 Å². The average molecular weight is 442 g/mol. The lowest BCUT2D eigenvalue weighted by Gasteiger charge is -2.34. The number of aryl methyl sites for hydroxylation is 1. The number of aromatic hydroxyl groups is 2. The summed E-state index contributed by atoms with van der Waals surface area (Å²) in [6.45, 7) is 1.85. The predicted octanol–water partition coefficient (Wildman–Crippen LogP) is 6.35. The minimum atomic E-state index is -3.42. The number of hydrogen-bond donors (Lipinski definition) is 2. The van der Waals surface area contributed by atoms with Crippen molar-refractivity contribution in [2.45, 2.75) is 19.0 Å². The Labute approximate surface area is 187 Å². The fourth-order valence-electron chi connectivity index (χ4n) is 4.37. The molecule has 1 heterocycles. The van der Waals surface area contributed by atoms with Crippen LogP contribution in [0.25, 0.3) is 11.1 Å². The Morgan fingerprint density at radius 3 is 2.28 bits per heavy atom. The van der Waals surface area contributed by atoms with Crippen LogP contribution < -0.4 is 9.83 Å². The zero-order valence-corrected chi connectivity index (χ0v) is 18.5.